The monoisotopic (exact) mass is 267 g/mol. The van der Waals surface area contributed by atoms with Crippen molar-refractivity contribution < 1.29 is 13.2 Å². The minimum atomic E-state index is -3.82. The van der Waals surface area contributed by atoms with E-state index in [9.17, 15) is 8.42 Å². The third kappa shape index (κ3) is 3.37. The number of sulfonamides is 1. The molecule has 0 spiro atoms. The van der Waals surface area contributed by atoms with E-state index >= 15 is 0 Å². The quantitative estimate of drug-likeness (QED) is 0.790. The van der Waals surface area contributed by atoms with Gasteiger partial charge in [-0.25, -0.2) is 0 Å². The number of hydrogen-bond donors (Lipinski definition) is 0. The van der Waals surface area contributed by atoms with Gasteiger partial charge in [0.1, 0.15) is 5.75 Å². The van der Waals surface area contributed by atoms with Gasteiger partial charge < -0.3 is 4.74 Å². The van der Waals surface area contributed by atoms with Crippen molar-refractivity contribution in [1.29, 1.82) is 0 Å². The summed E-state index contributed by atoms with van der Waals surface area (Å²) in [6.45, 7) is 0. The van der Waals surface area contributed by atoms with Gasteiger partial charge in [-0.3, -0.25) is 0 Å². The highest BCUT2D eigenvalue weighted by atomic mass is 35.5. The second-order valence-corrected chi connectivity index (χ2v) is 5.00. The third-order valence-electron chi connectivity index (χ3n) is 1.55. The molecule has 0 aliphatic carbocycles. The van der Waals surface area contributed by atoms with E-state index in [1.165, 1.54) is 31.4 Å². The zero-order chi connectivity index (χ0) is 11.5. The lowest BCUT2D eigenvalue weighted by Gasteiger charge is -2.00. The molecule has 1 aromatic rings. The lowest BCUT2D eigenvalue weighted by Crippen LogP contribution is -1.97. The fourth-order valence-corrected chi connectivity index (χ4v) is 2.20. The van der Waals surface area contributed by atoms with Crippen LogP contribution in [-0.2, 0) is 10.0 Å². The molecule has 0 heterocycles. The molecule has 0 aliphatic heterocycles. The van der Waals surface area contributed by atoms with E-state index in [2.05, 4.69) is 4.40 Å². The van der Waals surface area contributed by atoms with Crippen LogP contribution in [-0.4, -0.2) is 20.2 Å². The zero-order valence-electron chi connectivity index (χ0n) is 7.65. The molecular formula is C8H7Cl2NO3S. The third-order valence-corrected chi connectivity index (χ3v) is 3.21. The molecule has 0 saturated heterocycles. The maximum absolute atomic E-state index is 11.4. The summed E-state index contributed by atoms with van der Waals surface area (Å²) in [5, 5.41) is 0. The Morgan fingerprint density at radius 2 is 1.80 bits per heavy atom. The van der Waals surface area contributed by atoms with Gasteiger partial charge in [0.15, 0.2) is 0 Å². The fraction of sp³-hybridized carbons (Fsp3) is 0.125. The number of hydrogen-bond acceptors (Lipinski definition) is 3. The van der Waals surface area contributed by atoms with Crippen LogP contribution in [0.3, 0.4) is 0 Å². The Labute approximate surface area is 97.5 Å². The normalized spacial score (nSPS) is 10.9. The summed E-state index contributed by atoms with van der Waals surface area (Å²) in [6, 6.07) is 5.72. The molecule has 4 nitrogen and oxygen atoms in total. The van der Waals surface area contributed by atoms with Crippen molar-refractivity contribution >= 4 is 37.9 Å². The molecule has 0 unspecified atom stereocenters. The minimum Gasteiger partial charge on any atom is -0.497 e. The number of rotatable bonds is 3. The molecule has 15 heavy (non-hydrogen) atoms. The van der Waals surface area contributed by atoms with Crippen LogP contribution in [0.2, 0.25) is 0 Å². The molecule has 82 valence electrons. The van der Waals surface area contributed by atoms with E-state index in [1.807, 2.05) is 0 Å². The first-order chi connectivity index (χ1) is 6.95. The summed E-state index contributed by atoms with van der Waals surface area (Å²) in [7, 11) is -2.33. The predicted molar refractivity (Wildman–Crippen MR) is 59.3 cm³/mol. The van der Waals surface area contributed by atoms with Crippen molar-refractivity contribution in [2.45, 2.75) is 4.90 Å². The van der Waals surface area contributed by atoms with Gasteiger partial charge >= 0.3 is 0 Å². The number of methoxy groups -OCH3 is 1. The molecular weight excluding hydrogens is 261 g/mol. The van der Waals surface area contributed by atoms with Crippen molar-refractivity contribution in [1.82, 2.24) is 0 Å². The average Bonchev–Trinajstić information content (AvgIpc) is 2.16. The SMILES string of the molecule is COc1ccc(S(=O)(=O)N=C(Cl)Cl)cc1. The summed E-state index contributed by atoms with van der Waals surface area (Å²) >= 11 is 10.4. The van der Waals surface area contributed by atoms with Crippen LogP contribution in [0.15, 0.2) is 33.6 Å². The van der Waals surface area contributed by atoms with E-state index in [4.69, 9.17) is 27.9 Å². The van der Waals surface area contributed by atoms with Crippen molar-refractivity contribution in [3.63, 3.8) is 0 Å². The lowest BCUT2D eigenvalue weighted by atomic mass is 10.3. The minimum absolute atomic E-state index is 0.00194. The van der Waals surface area contributed by atoms with Gasteiger partial charge in [0, 0.05) is 0 Å². The van der Waals surface area contributed by atoms with E-state index in [0.717, 1.165) is 0 Å². The Bertz CT molecular complexity index is 463. The molecule has 7 heteroatoms. The molecule has 0 amide bonds. The van der Waals surface area contributed by atoms with Gasteiger partial charge in [0.2, 0.25) is 4.63 Å². The first-order valence-corrected chi connectivity index (χ1v) is 5.95. The molecule has 0 saturated carbocycles. The molecule has 0 atom stereocenters. The van der Waals surface area contributed by atoms with Crippen molar-refractivity contribution in [3.05, 3.63) is 24.3 Å². The molecule has 0 N–H and O–H groups in total. The van der Waals surface area contributed by atoms with Gasteiger partial charge in [-0.15, -0.1) is 4.40 Å². The Morgan fingerprint density at radius 1 is 1.27 bits per heavy atom. The van der Waals surface area contributed by atoms with Gasteiger partial charge in [-0.1, -0.05) is 0 Å². The van der Waals surface area contributed by atoms with E-state index in [0.29, 0.717) is 5.75 Å². The van der Waals surface area contributed by atoms with Crippen LogP contribution in [0.25, 0.3) is 0 Å². The topological polar surface area (TPSA) is 55.7 Å². The van der Waals surface area contributed by atoms with Crippen molar-refractivity contribution in [2.75, 3.05) is 7.11 Å². The summed E-state index contributed by atoms with van der Waals surface area (Å²) in [5.74, 6) is 0.551. The predicted octanol–water partition coefficient (Wildman–Crippen LogP) is 2.22. The highest BCUT2D eigenvalue weighted by Gasteiger charge is 2.12. The first kappa shape index (κ1) is 12.3. The second kappa shape index (κ2) is 4.83. The Morgan fingerprint density at radius 3 is 2.20 bits per heavy atom. The largest absolute Gasteiger partial charge is 0.497 e. The molecule has 1 rings (SSSR count). The fourth-order valence-electron chi connectivity index (χ4n) is 0.891. The Kier molecular flexibility index (Phi) is 3.96. The summed E-state index contributed by atoms with van der Waals surface area (Å²) in [5.41, 5.74) is 0. The summed E-state index contributed by atoms with van der Waals surface area (Å²) in [6.07, 6.45) is 0. The summed E-state index contributed by atoms with van der Waals surface area (Å²) in [4.78, 5) is 0.00194. The maximum atomic E-state index is 11.4. The molecule has 0 aliphatic rings. The molecule has 0 radical (unpaired) electrons. The highest BCUT2D eigenvalue weighted by molar-refractivity contribution is 7.90. The maximum Gasteiger partial charge on any atom is 0.284 e. The standard InChI is InChI=1S/C8H7Cl2NO3S/c1-14-6-2-4-7(5-3-6)15(12,13)11-8(9)10/h2-5H,1H3. The van der Waals surface area contributed by atoms with Gasteiger partial charge in [0.05, 0.1) is 12.0 Å². The van der Waals surface area contributed by atoms with Crippen LogP contribution in [0.5, 0.6) is 5.75 Å². The van der Waals surface area contributed by atoms with Crippen LogP contribution < -0.4 is 4.74 Å². The van der Waals surface area contributed by atoms with Gasteiger partial charge in [0.25, 0.3) is 10.0 Å². The first-order valence-electron chi connectivity index (χ1n) is 3.76. The zero-order valence-corrected chi connectivity index (χ0v) is 9.97. The van der Waals surface area contributed by atoms with Crippen LogP contribution in [0.1, 0.15) is 0 Å². The summed E-state index contributed by atoms with van der Waals surface area (Å²) < 4.78 is 30.3. The molecule has 0 aromatic heterocycles. The van der Waals surface area contributed by atoms with Gasteiger partial charge in [-0.2, -0.15) is 8.42 Å². The second-order valence-electron chi connectivity index (χ2n) is 2.48. The molecule has 1 aromatic carbocycles. The smallest absolute Gasteiger partial charge is 0.284 e. The van der Waals surface area contributed by atoms with Crippen LogP contribution in [0, 0.1) is 0 Å². The Balaban J connectivity index is 3.12. The van der Waals surface area contributed by atoms with Gasteiger partial charge in [-0.05, 0) is 47.5 Å². The van der Waals surface area contributed by atoms with Crippen LogP contribution in [0.4, 0.5) is 0 Å². The van der Waals surface area contributed by atoms with E-state index in [1.54, 1.807) is 0 Å². The molecule has 0 fully saturated rings. The van der Waals surface area contributed by atoms with E-state index < -0.39 is 14.7 Å². The average molecular weight is 268 g/mol. The number of halogens is 2. The number of benzene rings is 1. The molecule has 0 bridgehead atoms. The van der Waals surface area contributed by atoms with E-state index in [-0.39, 0.29) is 4.90 Å². The highest BCUT2D eigenvalue weighted by Crippen LogP contribution is 2.18. The lowest BCUT2D eigenvalue weighted by molar-refractivity contribution is 0.414. The van der Waals surface area contributed by atoms with Crippen LogP contribution >= 0.6 is 23.2 Å². The number of ether oxygens (including phenoxy) is 1. The van der Waals surface area contributed by atoms with Crippen molar-refractivity contribution in [2.24, 2.45) is 4.40 Å². The number of nitrogens with zero attached hydrogens (tertiary/aromatic N) is 1. The Hall–Kier alpha value is -0.780. The van der Waals surface area contributed by atoms with Crippen molar-refractivity contribution in [3.8, 4) is 5.75 Å².